The fourth-order valence-electron chi connectivity index (χ4n) is 4.12. The van der Waals surface area contributed by atoms with Gasteiger partial charge < -0.3 is 10.2 Å². The Morgan fingerprint density at radius 2 is 1.79 bits per heavy atom. The van der Waals surface area contributed by atoms with Crippen LogP contribution in [0.3, 0.4) is 0 Å². The fourth-order valence-corrected chi connectivity index (χ4v) is 4.89. The van der Waals surface area contributed by atoms with Crippen LogP contribution in [0.2, 0.25) is 0 Å². The Hall–Kier alpha value is -3.13. The number of nitrogens with one attached hydrogen (secondary N) is 1. The minimum absolute atomic E-state index is 0.0216. The molecule has 1 aliphatic rings. The molecule has 0 radical (unpaired) electrons. The molecule has 0 saturated heterocycles. The van der Waals surface area contributed by atoms with Crippen molar-refractivity contribution >= 4 is 28.3 Å². The first-order valence-corrected chi connectivity index (χ1v) is 12.1. The number of hydrogen-bond donors (Lipinski definition) is 1. The molecule has 0 aliphatic heterocycles. The topological polar surface area (TPSA) is 75.2 Å². The lowest BCUT2D eigenvalue weighted by atomic mass is 9.93. The van der Waals surface area contributed by atoms with Crippen LogP contribution >= 0.6 is 11.3 Å². The van der Waals surface area contributed by atoms with Crippen molar-refractivity contribution in [3.63, 3.8) is 0 Å². The number of carbonyl (C=O) groups excluding carboxylic acids is 2. The summed E-state index contributed by atoms with van der Waals surface area (Å²) >= 11 is 1.30. The molecule has 2 amide bonds. The summed E-state index contributed by atoms with van der Waals surface area (Å²) in [5.74, 6) is -1.14. The van der Waals surface area contributed by atoms with E-state index in [9.17, 15) is 14.0 Å². The predicted octanol–water partition coefficient (Wildman–Crippen LogP) is 5.46. The average Bonchev–Trinajstić information content (AvgIpc) is 3.29. The van der Waals surface area contributed by atoms with Crippen LogP contribution in [0.4, 0.5) is 9.52 Å². The zero-order chi connectivity index (χ0) is 23.2. The Bertz CT molecular complexity index is 1110. The van der Waals surface area contributed by atoms with Crippen LogP contribution in [0.1, 0.15) is 54.4 Å². The van der Waals surface area contributed by atoms with E-state index in [0.29, 0.717) is 5.13 Å². The molecule has 0 spiro atoms. The van der Waals surface area contributed by atoms with Gasteiger partial charge in [-0.3, -0.25) is 9.59 Å². The summed E-state index contributed by atoms with van der Waals surface area (Å²) < 4.78 is 14.3. The third kappa shape index (κ3) is 5.82. The van der Waals surface area contributed by atoms with Gasteiger partial charge in [-0.25, -0.2) is 4.39 Å². The smallest absolute Gasteiger partial charge is 0.257 e. The summed E-state index contributed by atoms with van der Waals surface area (Å²) in [5, 5.41) is 12.2. The van der Waals surface area contributed by atoms with Crippen molar-refractivity contribution in [2.24, 2.45) is 0 Å². The van der Waals surface area contributed by atoms with Gasteiger partial charge in [0.05, 0.1) is 5.56 Å². The van der Waals surface area contributed by atoms with Crippen LogP contribution in [0.25, 0.3) is 10.6 Å². The summed E-state index contributed by atoms with van der Waals surface area (Å²) in [7, 11) is 0. The number of carbonyl (C=O) groups is 2. The molecule has 1 aromatic heterocycles. The standard InChI is InChI=1S/C25H27FN4O2S/c1-17-11-13-18(14-12-17)23-28-29-25(33-23)27-22(31)15-16-30(19-7-3-2-4-8-19)24(32)20-9-5-6-10-21(20)26/h5-6,9-14,19H,2-4,7-8,15-16H2,1H3,(H,27,29,31). The van der Waals surface area contributed by atoms with Crippen molar-refractivity contribution in [1.82, 2.24) is 15.1 Å². The summed E-state index contributed by atoms with van der Waals surface area (Å²) in [5.41, 5.74) is 2.15. The summed E-state index contributed by atoms with van der Waals surface area (Å²) in [6.45, 7) is 2.25. The van der Waals surface area contributed by atoms with E-state index in [-0.39, 0.29) is 36.4 Å². The molecule has 1 heterocycles. The normalized spacial score (nSPS) is 14.1. The molecule has 0 bridgehead atoms. The van der Waals surface area contributed by atoms with Crippen molar-refractivity contribution in [3.8, 4) is 10.6 Å². The van der Waals surface area contributed by atoms with E-state index < -0.39 is 5.82 Å². The minimum atomic E-state index is -0.537. The maximum atomic E-state index is 14.3. The molecule has 1 N–H and O–H groups in total. The van der Waals surface area contributed by atoms with E-state index in [1.54, 1.807) is 17.0 Å². The number of benzene rings is 2. The van der Waals surface area contributed by atoms with Gasteiger partial charge >= 0.3 is 0 Å². The van der Waals surface area contributed by atoms with Gasteiger partial charge in [-0.15, -0.1) is 10.2 Å². The van der Waals surface area contributed by atoms with Crippen LogP contribution in [-0.4, -0.2) is 39.5 Å². The molecule has 1 aliphatic carbocycles. The maximum absolute atomic E-state index is 14.3. The van der Waals surface area contributed by atoms with E-state index >= 15 is 0 Å². The Balaban J connectivity index is 1.41. The van der Waals surface area contributed by atoms with Crippen LogP contribution in [0, 0.1) is 12.7 Å². The molecule has 8 heteroatoms. The molecule has 1 fully saturated rings. The molecule has 0 atom stereocenters. The van der Waals surface area contributed by atoms with Gasteiger partial charge in [-0.05, 0) is 31.9 Å². The van der Waals surface area contributed by atoms with E-state index in [0.717, 1.165) is 48.2 Å². The van der Waals surface area contributed by atoms with E-state index in [2.05, 4.69) is 15.5 Å². The number of halogens is 1. The van der Waals surface area contributed by atoms with Gasteiger partial charge in [0.15, 0.2) is 0 Å². The molecule has 1 saturated carbocycles. The molecule has 6 nitrogen and oxygen atoms in total. The Morgan fingerprint density at radius 3 is 2.52 bits per heavy atom. The first-order valence-electron chi connectivity index (χ1n) is 11.3. The maximum Gasteiger partial charge on any atom is 0.257 e. The first-order chi connectivity index (χ1) is 16.0. The molecule has 0 unspecified atom stereocenters. The van der Waals surface area contributed by atoms with E-state index in [1.165, 1.54) is 23.5 Å². The average molecular weight is 467 g/mol. The quantitative estimate of drug-likeness (QED) is 0.502. The van der Waals surface area contributed by atoms with Gasteiger partial charge in [0, 0.05) is 24.6 Å². The summed E-state index contributed by atoms with van der Waals surface area (Å²) in [4.78, 5) is 27.5. The number of hydrogen-bond acceptors (Lipinski definition) is 5. The van der Waals surface area contributed by atoms with Crippen molar-refractivity contribution in [2.75, 3.05) is 11.9 Å². The van der Waals surface area contributed by atoms with Crippen molar-refractivity contribution < 1.29 is 14.0 Å². The van der Waals surface area contributed by atoms with Crippen LogP contribution in [0.5, 0.6) is 0 Å². The second kappa shape index (κ2) is 10.7. The van der Waals surface area contributed by atoms with Crippen LogP contribution in [0.15, 0.2) is 48.5 Å². The zero-order valence-corrected chi connectivity index (χ0v) is 19.4. The Kier molecular flexibility index (Phi) is 7.44. The minimum Gasteiger partial charge on any atom is -0.335 e. The fraction of sp³-hybridized carbons (Fsp3) is 0.360. The van der Waals surface area contributed by atoms with E-state index in [4.69, 9.17) is 0 Å². The second-order valence-electron chi connectivity index (χ2n) is 8.35. The van der Waals surface area contributed by atoms with Gasteiger partial charge in [0.25, 0.3) is 5.91 Å². The lowest BCUT2D eigenvalue weighted by Gasteiger charge is -2.34. The van der Waals surface area contributed by atoms with Gasteiger partial charge in [0.1, 0.15) is 10.8 Å². The third-order valence-corrected chi connectivity index (χ3v) is 6.82. The Labute approximate surface area is 196 Å². The monoisotopic (exact) mass is 466 g/mol. The number of nitrogens with zero attached hydrogens (tertiary/aromatic N) is 3. The first kappa shape index (κ1) is 23.0. The van der Waals surface area contributed by atoms with Crippen LogP contribution < -0.4 is 5.32 Å². The number of rotatable bonds is 7. The molecule has 4 rings (SSSR count). The molecule has 172 valence electrons. The largest absolute Gasteiger partial charge is 0.335 e. The number of aromatic nitrogens is 2. The Morgan fingerprint density at radius 1 is 1.06 bits per heavy atom. The molecule has 2 aromatic carbocycles. The van der Waals surface area contributed by atoms with Crippen molar-refractivity contribution in [1.29, 1.82) is 0 Å². The number of amides is 2. The summed E-state index contributed by atoms with van der Waals surface area (Å²) in [6, 6.07) is 14.0. The van der Waals surface area contributed by atoms with Crippen molar-refractivity contribution in [2.45, 2.75) is 51.5 Å². The van der Waals surface area contributed by atoms with Gasteiger partial charge in [-0.2, -0.15) is 0 Å². The SMILES string of the molecule is Cc1ccc(-c2nnc(NC(=O)CCN(C(=O)c3ccccc3F)C3CCCCC3)s2)cc1. The summed E-state index contributed by atoms with van der Waals surface area (Å²) in [6.07, 6.45) is 5.06. The molecular weight excluding hydrogens is 439 g/mol. The molecule has 3 aromatic rings. The van der Waals surface area contributed by atoms with Crippen molar-refractivity contribution in [3.05, 3.63) is 65.5 Å². The van der Waals surface area contributed by atoms with Gasteiger partial charge in [0.2, 0.25) is 11.0 Å². The lowest BCUT2D eigenvalue weighted by Crippen LogP contribution is -2.43. The number of aryl methyl sites for hydroxylation is 1. The second-order valence-corrected chi connectivity index (χ2v) is 9.32. The third-order valence-electron chi connectivity index (χ3n) is 5.93. The molecule has 33 heavy (non-hydrogen) atoms. The highest BCUT2D eigenvalue weighted by Crippen LogP contribution is 2.27. The van der Waals surface area contributed by atoms with Crippen LogP contribution in [-0.2, 0) is 4.79 Å². The highest BCUT2D eigenvalue weighted by atomic mass is 32.1. The zero-order valence-electron chi connectivity index (χ0n) is 18.6. The van der Waals surface area contributed by atoms with E-state index in [1.807, 2.05) is 31.2 Å². The number of anilines is 1. The predicted molar refractivity (Wildman–Crippen MR) is 128 cm³/mol. The molecular formula is C25H27FN4O2S. The highest BCUT2D eigenvalue weighted by molar-refractivity contribution is 7.18. The lowest BCUT2D eigenvalue weighted by molar-refractivity contribution is -0.116. The van der Waals surface area contributed by atoms with Gasteiger partial charge in [-0.1, -0.05) is 72.6 Å². The highest BCUT2D eigenvalue weighted by Gasteiger charge is 2.28.